The molecule has 19 heavy (non-hydrogen) atoms. The van der Waals surface area contributed by atoms with Crippen LogP contribution < -0.4 is 10.5 Å². The highest BCUT2D eigenvalue weighted by Gasteiger charge is 2.08. The van der Waals surface area contributed by atoms with E-state index in [0.29, 0.717) is 17.1 Å². The van der Waals surface area contributed by atoms with E-state index in [-0.39, 0.29) is 11.3 Å². The third kappa shape index (κ3) is 2.82. The second-order valence-electron chi connectivity index (χ2n) is 3.79. The summed E-state index contributed by atoms with van der Waals surface area (Å²) < 4.78 is 5.51. The van der Waals surface area contributed by atoms with Crippen molar-refractivity contribution in [2.24, 2.45) is 0 Å². The average Bonchev–Trinajstić information content (AvgIpc) is 2.39. The molecule has 2 aromatic rings. The summed E-state index contributed by atoms with van der Waals surface area (Å²) in [7, 11) is 0. The fourth-order valence-electron chi connectivity index (χ4n) is 1.53. The van der Waals surface area contributed by atoms with Crippen LogP contribution in [0.25, 0.3) is 0 Å². The smallest absolute Gasteiger partial charge is 0.337 e. The monoisotopic (exact) mass is 254 g/mol. The van der Waals surface area contributed by atoms with Crippen molar-refractivity contribution in [1.82, 2.24) is 0 Å². The molecule has 0 bridgehead atoms. The van der Waals surface area contributed by atoms with E-state index in [2.05, 4.69) is 0 Å². The third-order valence-electron chi connectivity index (χ3n) is 2.47. The van der Waals surface area contributed by atoms with Gasteiger partial charge in [0, 0.05) is 11.8 Å². The molecule has 2 rings (SSSR count). The lowest BCUT2D eigenvalue weighted by atomic mass is 10.2. The maximum absolute atomic E-state index is 10.8. The standard InChI is InChI=1S/C14H10N2O3/c15-8-9-1-3-10(4-2-9)19-11-5-6-12(14(17)18)13(16)7-11/h1-7H,16H2,(H,17,18). The first-order valence-corrected chi connectivity index (χ1v) is 5.41. The van der Waals surface area contributed by atoms with Gasteiger partial charge in [0.25, 0.3) is 0 Å². The molecule has 0 aromatic heterocycles. The third-order valence-corrected chi connectivity index (χ3v) is 2.47. The molecular weight excluding hydrogens is 244 g/mol. The first kappa shape index (κ1) is 12.5. The minimum Gasteiger partial charge on any atom is -0.478 e. The Kier molecular flexibility index (Phi) is 3.35. The van der Waals surface area contributed by atoms with Gasteiger partial charge in [0.1, 0.15) is 11.5 Å². The van der Waals surface area contributed by atoms with Gasteiger partial charge in [-0.25, -0.2) is 4.79 Å². The lowest BCUT2D eigenvalue weighted by molar-refractivity contribution is 0.0698. The van der Waals surface area contributed by atoms with Gasteiger partial charge in [0.05, 0.1) is 17.2 Å². The molecule has 0 saturated carbocycles. The number of benzene rings is 2. The summed E-state index contributed by atoms with van der Waals surface area (Å²) in [6.07, 6.45) is 0. The quantitative estimate of drug-likeness (QED) is 0.820. The molecule has 0 heterocycles. The van der Waals surface area contributed by atoms with Crippen molar-refractivity contribution in [3.63, 3.8) is 0 Å². The number of hydrogen-bond acceptors (Lipinski definition) is 4. The molecular formula is C14H10N2O3. The number of nitriles is 1. The summed E-state index contributed by atoms with van der Waals surface area (Å²) in [6.45, 7) is 0. The van der Waals surface area contributed by atoms with E-state index in [9.17, 15) is 4.79 Å². The molecule has 0 unspecified atom stereocenters. The number of anilines is 1. The lowest BCUT2D eigenvalue weighted by Crippen LogP contribution is -2.02. The number of ether oxygens (including phenoxy) is 1. The molecule has 3 N–H and O–H groups in total. The van der Waals surface area contributed by atoms with Crippen molar-refractivity contribution in [3.05, 3.63) is 53.6 Å². The summed E-state index contributed by atoms with van der Waals surface area (Å²) >= 11 is 0. The summed E-state index contributed by atoms with van der Waals surface area (Å²) in [6, 6.07) is 12.9. The number of rotatable bonds is 3. The predicted molar refractivity (Wildman–Crippen MR) is 69.0 cm³/mol. The number of aromatic carboxylic acids is 1. The van der Waals surface area contributed by atoms with Gasteiger partial charge in [-0.05, 0) is 36.4 Å². The zero-order chi connectivity index (χ0) is 13.8. The first-order chi connectivity index (χ1) is 9.10. The summed E-state index contributed by atoms with van der Waals surface area (Å²) in [5.41, 5.74) is 6.33. The Morgan fingerprint density at radius 1 is 1.16 bits per heavy atom. The highest BCUT2D eigenvalue weighted by molar-refractivity contribution is 5.93. The zero-order valence-electron chi connectivity index (χ0n) is 9.83. The summed E-state index contributed by atoms with van der Waals surface area (Å²) in [5.74, 6) is -0.101. The van der Waals surface area contributed by atoms with E-state index in [0.717, 1.165) is 0 Å². The molecule has 0 radical (unpaired) electrons. The molecule has 5 heteroatoms. The lowest BCUT2D eigenvalue weighted by Gasteiger charge is -2.07. The maximum Gasteiger partial charge on any atom is 0.337 e. The number of nitrogens with two attached hydrogens (primary N) is 1. The van der Waals surface area contributed by atoms with Crippen LogP contribution in [0, 0.1) is 11.3 Å². The SMILES string of the molecule is N#Cc1ccc(Oc2ccc(C(=O)O)c(N)c2)cc1. The van der Waals surface area contributed by atoms with Crippen LogP contribution in [0.2, 0.25) is 0 Å². The van der Waals surface area contributed by atoms with Crippen LogP contribution in [0.15, 0.2) is 42.5 Å². The summed E-state index contributed by atoms with van der Waals surface area (Å²) in [4.78, 5) is 10.8. The molecule has 0 fully saturated rings. The second-order valence-corrected chi connectivity index (χ2v) is 3.79. The number of carboxylic acid groups (broad SMARTS) is 1. The van der Waals surface area contributed by atoms with Gasteiger partial charge in [-0.1, -0.05) is 0 Å². The van der Waals surface area contributed by atoms with Crippen LogP contribution >= 0.6 is 0 Å². The number of carboxylic acids is 1. The van der Waals surface area contributed by atoms with E-state index in [1.807, 2.05) is 6.07 Å². The highest BCUT2D eigenvalue weighted by Crippen LogP contribution is 2.25. The largest absolute Gasteiger partial charge is 0.478 e. The normalized spacial score (nSPS) is 9.63. The minimum atomic E-state index is -1.08. The molecule has 94 valence electrons. The molecule has 0 saturated heterocycles. The van der Waals surface area contributed by atoms with Gasteiger partial charge in [-0.15, -0.1) is 0 Å². The van der Waals surface area contributed by atoms with Crippen LogP contribution in [-0.2, 0) is 0 Å². The number of nitrogen functional groups attached to an aromatic ring is 1. The molecule has 2 aromatic carbocycles. The zero-order valence-corrected chi connectivity index (χ0v) is 9.83. The molecule has 5 nitrogen and oxygen atoms in total. The van der Waals surface area contributed by atoms with E-state index in [4.69, 9.17) is 20.8 Å². The minimum absolute atomic E-state index is 0.0344. The van der Waals surface area contributed by atoms with Crippen LogP contribution in [-0.4, -0.2) is 11.1 Å². The Morgan fingerprint density at radius 2 is 1.79 bits per heavy atom. The van der Waals surface area contributed by atoms with Crippen LogP contribution in [0.4, 0.5) is 5.69 Å². The van der Waals surface area contributed by atoms with Crippen LogP contribution in [0.3, 0.4) is 0 Å². The van der Waals surface area contributed by atoms with Crippen molar-refractivity contribution < 1.29 is 14.6 Å². The second kappa shape index (κ2) is 5.10. The van der Waals surface area contributed by atoms with Gasteiger partial charge < -0.3 is 15.6 Å². The fourth-order valence-corrected chi connectivity index (χ4v) is 1.53. The Labute approximate surface area is 109 Å². The number of nitrogens with zero attached hydrogens (tertiary/aromatic N) is 1. The summed E-state index contributed by atoms with van der Waals surface area (Å²) in [5, 5.41) is 17.5. The van der Waals surface area contributed by atoms with E-state index < -0.39 is 5.97 Å². The van der Waals surface area contributed by atoms with Crippen molar-refractivity contribution in [3.8, 4) is 17.6 Å². The van der Waals surface area contributed by atoms with Crippen molar-refractivity contribution in [2.45, 2.75) is 0 Å². The van der Waals surface area contributed by atoms with Crippen LogP contribution in [0.1, 0.15) is 15.9 Å². The van der Waals surface area contributed by atoms with Crippen molar-refractivity contribution in [2.75, 3.05) is 5.73 Å². The van der Waals surface area contributed by atoms with Gasteiger partial charge >= 0.3 is 5.97 Å². The first-order valence-electron chi connectivity index (χ1n) is 5.41. The van der Waals surface area contributed by atoms with E-state index in [1.165, 1.54) is 18.2 Å². The van der Waals surface area contributed by atoms with Gasteiger partial charge in [-0.3, -0.25) is 0 Å². The van der Waals surface area contributed by atoms with Gasteiger partial charge in [-0.2, -0.15) is 5.26 Å². The fraction of sp³-hybridized carbons (Fsp3) is 0. The Balaban J connectivity index is 2.21. The van der Waals surface area contributed by atoms with E-state index >= 15 is 0 Å². The molecule has 0 aliphatic rings. The molecule has 0 amide bonds. The Hall–Kier alpha value is -3.00. The predicted octanol–water partition coefficient (Wildman–Crippen LogP) is 2.63. The van der Waals surface area contributed by atoms with Gasteiger partial charge in [0.15, 0.2) is 0 Å². The molecule has 0 aliphatic carbocycles. The molecule has 0 atom stereocenters. The van der Waals surface area contributed by atoms with Crippen LogP contribution in [0.5, 0.6) is 11.5 Å². The number of carbonyl (C=O) groups is 1. The Morgan fingerprint density at radius 3 is 2.32 bits per heavy atom. The highest BCUT2D eigenvalue weighted by atomic mass is 16.5. The number of hydrogen-bond donors (Lipinski definition) is 2. The maximum atomic E-state index is 10.8. The van der Waals surface area contributed by atoms with Gasteiger partial charge in [0.2, 0.25) is 0 Å². The topological polar surface area (TPSA) is 96.3 Å². The molecule has 0 aliphatic heterocycles. The van der Waals surface area contributed by atoms with E-state index in [1.54, 1.807) is 24.3 Å². The molecule has 0 spiro atoms. The average molecular weight is 254 g/mol. The van der Waals surface area contributed by atoms with Crippen molar-refractivity contribution >= 4 is 11.7 Å². The van der Waals surface area contributed by atoms with Crippen molar-refractivity contribution in [1.29, 1.82) is 5.26 Å². The Bertz CT molecular complexity index is 657.